The lowest BCUT2D eigenvalue weighted by atomic mass is 9.94. The van der Waals surface area contributed by atoms with Crippen LogP contribution in [-0.2, 0) is 9.53 Å². The lowest BCUT2D eigenvalue weighted by Crippen LogP contribution is -2.56. The van der Waals surface area contributed by atoms with Crippen molar-refractivity contribution < 1.29 is 18.9 Å². The first-order valence-electron chi connectivity index (χ1n) is 8.98. The average Bonchev–Trinajstić information content (AvgIpc) is 2.70. The molecule has 142 valence electrons. The second-order valence-corrected chi connectivity index (χ2v) is 6.54. The van der Waals surface area contributed by atoms with Crippen LogP contribution >= 0.6 is 12.4 Å². The molecular weight excluding hydrogens is 366 g/mol. The van der Waals surface area contributed by atoms with Crippen LogP contribution in [0.25, 0.3) is 0 Å². The fraction of sp³-hybridized carbons (Fsp3) is 0.350. The van der Waals surface area contributed by atoms with Gasteiger partial charge in [0.05, 0.1) is 13.2 Å². The van der Waals surface area contributed by atoms with Gasteiger partial charge in [0, 0.05) is 19.6 Å². The molecule has 4 rings (SSSR count). The summed E-state index contributed by atoms with van der Waals surface area (Å²) in [6, 6.07) is 8.86. The van der Waals surface area contributed by atoms with Gasteiger partial charge < -0.3 is 4.74 Å². The summed E-state index contributed by atoms with van der Waals surface area (Å²) in [5, 5.41) is 0. The maximum absolute atomic E-state index is 13.2. The Bertz CT molecular complexity index is 798. The lowest BCUT2D eigenvalue weighted by Gasteiger charge is -2.29. The quantitative estimate of drug-likeness (QED) is 0.741. The van der Waals surface area contributed by atoms with Crippen LogP contribution in [0.15, 0.2) is 54.6 Å². The summed E-state index contributed by atoms with van der Waals surface area (Å²) in [4.78, 5) is 29.7. The highest BCUT2D eigenvalue weighted by Crippen LogP contribution is 2.25. The number of allylic oxidation sites excluding steroid dienone is 3. The molecule has 6 nitrogen and oxygen atoms in total. The van der Waals surface area contributed by atoms with Crippen molar-refractivity contribution in [2.24, 2.45) is 5.92 Å². The first-order chi connectivity index (χ1) is 12.8. The number of nitrogens with zero attached hydrogens (tertiary/aromatic N) is 3. The van der Waals surface area contributed by atoms with Gasteiger partial charge in [-0.2, -0.15) is 9.37 Å². The van der Waals surface area contributed by atoms with Crippen LogP contribution in [0.3, 0.4) is 0 Å². The lowest BCUT2D eigenvalue weighted by molar-refractivity contribution is -0.429. The minimum Gasteiger partial charge on any atom is -0.379 e. The van der Waals surface area contributed by atoms with Gasteiger partial charge >= 0.3 is 11.9 Å². The highest BCUT2D eigenvalue weighted by atomic mass is 35.5. The molecule has 1 saturated heterocycles. The second-order valence-electron chi connectivity index (χ2n) is 6.54. The Morgan fingerprint density at radius 3 is 2.56 bits per heavy atom. The number of halogens is 1. The van der Waals surface area contributed by atoms with Gasteiger partial charge in [0.1, 0.15) is 23.9 Å². The van der Waals surface area contributed by atoms with Crippen LogP contribution in [0, 0.1) is 5.92 Å². The van der Waals surface area contributed by atoms with Crippen molar-refractivity contribution in [1.82, 2.24) is 4.90 Å². The maximum atomic E-state index is 13.2. The highest BCUT2D eigenvalue weighted by molar-refractivity contribution is 6.25. The molecule has 1 unspecified atom stereocenters. The number of fused-ring (bicyclic) bond motifs is 1. The third kappa shape index (κ3) is 3.88. The van der Waals surface area contributed by atoms with Gasteiger partial charge in [-0.05, 0) is 18.2 Å². The first-order valence-corrected chi connectivity index (χ1v) is 8.98. The molecule has 0 bridgehead atoms. The first kappa shape index (κ1) is 19.5. The number of carbonyl (C=O) groups excluding carboxylic acids is 2. The molecule has 3 amide bonds. The zero-order valence-corrected chi connectivity index (χ0v) is 15.8. The fourth-order valence-electron chi connectivity index (χ4n) is 3.57. The molecule has 27 heavy (non-hydrogen) atoms. The summed E-state index contributed by atoms with van der Waals surface area (Å²) in [5.41, 5.74) is 1.38. The molecule has 1 aromatic rings. The number of hydrogen-bond donors (Lipinski definition) is 0. The number of para-hydroxylation sites is 1. The van der Waals surface area contributed by atoms with Crippen molar-refractivity contribution in [1.29, 1.82) is 0 Å². The topological polar surface area (TPSA) is 52.9 Å². The number of ether oxygens (including phenoxy) is 1. The monoisotopic (exact) mass is 388 g/mol. The van der Waals surface area contributed by atoms with E-state index >= 15 is 0 Å². The molecule has 1 fully saturated rings. The van der Waals surface area contributed by atoms with Crippen molar-refractivity contribution in [2.75, 3.05) is 44.3 Å². The average molecular weight is 389 g/mol. The standard InChI is InChI=1S/C20H22N3O3.ClH/c24-19-17-8-4-5-9-18(17)22(11-10-21-12-14-26-15-13-21)20(25)23(19)16-6-2-1-3-7-16;/h1-9,17H,10-15H2;1H/q+1;. The van der Waals surface area contributed by atoms with Crippen LogP contribution in [-0.4, -0.2) is 66.5 Å². The summed E-state index contributed by atoms with van der Waals surface area (Å²) >= 11 is 0. The Morgan fingerprint density at radius 1 is 1.07 bits per heavy atom. The summed E-state index contributed by atoms with van der Waals surface area (Å²) in [6.45, 7) is 4.52. The number of carbonyl (C=O) groups is 2. The Hall–Kier alpha value is -2.28. The van der Waals surface area contributed by atoms with E-state index in [0.29, 0.717) is 12.2 Å². The van der Waals surface area contributed by atoms with Crippen LogP contribution in [0.1, 0.15) is 0 Å². The summed E-state index contributed by atoms with van der Waals surface area (Å²) in [5.74, 6) is -0.609. The summed E-state index contributed by atoms with van der Waals surface area (Å²) in [7, 11) is 0. The molecule has 2 aliphatic heterocycles. The predicted octanol–water partition coefficient (Wildman–Crippen LogP) is 2.10. The number of rotatable bonds is 4. The van der Waals surface area contributed by atoms with Crippen LogP contribution in [0.4, 0.5) is 10.5 Å². The van der Waals surface area contributed by atoms with E-state index in [2.05, 4.69) is 4.90 Å². The van der Waals surface area contributed by atoms with Crippen molar-refractivity contribution in [2.45, 2.75) is 0 Å². The zero-order valence-electron chi connectivity index (χ0n) is 15.0. The summed E-state index contributed by atoms with van der Waals surface area (Å²) < 4.78 is 7.13. The van der Waals surface area contributed by atoms with Gasteiger partial charge in [-0.15, -0.1) is 17.3 Å². The van der Waals surface area contributed by atoms with E-state index in [1.807, 2.05) is 42.5 Å². The van der Waals surface area contributed by atoms with Gasteiger partial charge in [0.15, 0.2) is 0 Å². The molecule has 0 radical (unpaired) electrons. The largest absolute Gasteiger partial charge is 0.506 e. The highest BCUT2D eigenvalue weighted by Gasteiger charge is 2.47. The minimum atomic E-state index is -0.414. The van der Waals surface area contributed by atoms with Gasteiger partial charge in [0.2, 0.25) is 0 Å². The summed E-state index contributed by atoms with van der Waals surface area (Å²) in [6.07, 6.45) is 7.49. The molecule has 3 aliphatic rings. The van der Waals surface area contributed by atoms with Crippen molar-refractivity contribution in [3.05, 3.63) is 54.6 Å². The Balaban J connectivity index is 0.00000210. The van der Waals surface area contributed by atoms with E-state index in [9.17, 15) is 9.59 Å². The molecule has 2 heterocycles. The van der Waals surface area contributed by atoms with Gasteiger partial charge in [-0.1, -0.05) is 36.4 Å². The Kier molecular flexibility index (Phi) is 6.21. The van der Waals surface area contributed by atoms with Crippen LogP contribution < -0.4 is 4.90 Å². The smallest absolute Gasteiger partial charge is 0.379 e. The van der Waals surface area contributed by atoms with Gasteiger partial charge in [0.25, 0.3) is 0 Å². The molecule has 0 aromatic heterocycles. The Labute approximate surface area is 164 Å². The molecule has 0 spiro atoms. The van der Waals surface area contributed by atoms with E-state index < -0.39 is 5.92 Å². The molecule has 0 N–H and O–H groups in total. The van der Waals surface area contributed by atoms with Gasteiger partial charge in [-0.3, -0.25) is 4.90 Å². The number of hydrogen-bond acceptors (Lipinski definition) is 4. The molecular formula is C20H23ClN3O3+. The number of benzene rings is 1. The molecule has 1 aromatic carbocycles. The predicted molar refractivity (Wildman–Crippen MR) is 106 cm³/mol. The van der Waals surface area contributed by atoms with E-state index in [-0.39, 0.29) is 24.3 Å². The van der Waals surface area contributed by atoms with Crippen LogP contribution in [0.5, 0.6) is 0 Å². The number of imide groups is 1. The van der Waals surface area contributed by atoms with Gasteiger partial charge in [-0.25, -0.2) is 4.79 Å². The maximum Gasteiger partial charge on any atom is 0.506 e. The SMILES string of the molecule is Cl.O=C1C2C=CC=CC2=[N+](CCN2CCOCC2)C(=O)N1c1ccccc1. The molecule has 7 heteroatoms. The fourth-order valence-corrected chi connectivity index (χ4v) is 3.57. The number of morpholine rings is 1. The van der Waals surface area contributed by atoms with Crippen molar-refractivity contribution >= 4 is 35.7 Å². The minimum absolute atomic E-state index is 0. The van der Waals surface area contributed by atoms with E-state index in [0.717, 1.165) is 38.6 Å². The normalized spacial score (nSPS) is 22.7. The number of anilines is 1. The van der Waals surface area contributed by atoms with Crippen LogP contribution in [0.2, 0.25) is 0 Å². The van der Waals surface area contributed by atoms with E-state index in [1.165, 1.54) is 4.90 Å². The van der Waals surface area contributed by atoms with Crippen molar-refractivity contribution in [3.63, 3.8) is 0 Å². The third-order valence-electron chi connectivity index (χ3n) is 4.98. The van der Waals surface area contributed by atoms with E-state index in [1.54, 1.807) is 16.7 Å². The third-order valence-corrected chi connectivity index (χ3v) is 4.98. The molecule has 1 aliphatic carbocycles. The zero-order chi connectivity index (χ0) is 17.9. The number of urea groups is 1. The molecule has 1 atom stereocenters. The van der Waals surface area contributed by atoms with Crippen molar-refractivity contribution in [3.8, 4) is 0 Å². The molecule has 0 saturated carbocycles. The van der Waals surface area contributed by atoms with E-state index in [4.69, 9.17) is 4.74 Å². The second kappa shape index (κ2) is 8.61. The Morgan fingerprint density at radius 2 is 1.81 bits per heavy atom. The number of amides is 3.